The van der Waals surface area contributed by atoms with Crippen molar-refractivity contribution < 1.29 is 19.4 Å². The van der Waals surface area contributed by atoms with Gasteiger partial charge in [-0.25, -0.2) is 0 Å². The Morgan fingerprint density at radius 1 is 1.53 bits per heavy atom. The quantitative estimate of drug-likeness (QED) is 0.489. The maximum absolute atomic E-state index is 11.9. The third kappa shape index (κ3) is 6.73. The zero-order chi connectivity index (χ0) is 13.3. The first kappa shape index (κ1) is 15.6. The lowest BCUT2D eigenvalue weighted by Crippen LogP contribution is -2.42. The highest BCUT2D eigenvalue weighted by atomic mass is 16.5. The summed E-state index contributed by atoms with van der Waals surface area (Å²) >= 11 is 0. The van der Waals surface area contributed by atoms with Gasteiger partial charge in [-0.05, 0) is 19.8 Å². The van der Waals surface area contributed by atoms with Crippen LogP contribution in [-0.2, 0) is 14.3 Å². The summed E-state index contributed by atoms with van der Waals surface area (Å²) < 4.78 is 5.30. The molecule has 0 aliphatic carbocycles. The third-order valence-electron chi connectivity index (χ3n) is 2.17. The minimum atomic E-state index is -1.01. The van der Waals surface area contributed by atoms with Gasteiger partial charge in [-0.2, -0.15) is 0 Å². The van der Waals surface area contributed by atoms with E-state index in [0.717, 1.165) is 6.42 Å². The van der Waals surface area contributed by atoms with E-state index in [1.165, 1.54) is 4.90 Å². The van der Waals surface area contributed by atoms with Crippen LogP contribution in [0.1, 0.15) is 26.7 Å². The summed E-state index contributed by atoms with van der Waals surface area (Å²) in [5.41, 5.74) is 0. The second-order valence-electron chi connectivity index (χ2n) is 3.74. The number of carboxylic acids is 1. The monoisotopic (exact) mass is 243 g/mol. The van der Waals surface area contributed by atoms with Crippen LogP contribution in [0.5, 0.6) is 0 Å². The highest BCUT2D eigenvalue weighted by Crippen LogP contribution is 2.02. The number of nitrogens with zero attached hydrogens (tertiary/aromatic N) is 1. The van der Waals surface area contributed by atoms with E-state index in [0.29, 0.717) is 19.6 Å². The van der Waals surface area contributed by atoms with Gasteiger partial charge in [0.1, 0.15) is 12.6 Å². The van der Waals surface area contributed by atoms with Crippen molar-refractivity contribution in [2.45, 2.75) is 32.8 Å². The summed E-state index contributed by atoms with van der Waals surface area (Å²) in [4.78, 5) is 23.8. The molecule has 0 fully saturated rings. The van der Waals surface area contributed by atoms with E-state index in [2.05, 4.69) is 6.58 Å². The van der Waals surface area contributed by atoms with Crippen LogP contribution >= 0.6 is 0 Å². The van der Waals surface area contributed by atoms with Gasteiger partial charge in [-0.15, -0.1) is 6.58 Å². The average molecular weight is 243 g/mol. The minimum absolute atomic E-state index is 0.276. The molecule has 0 aliphatic rings. The van der Waals surface area contributed by atoms with Crippen LogP contribution in [0.4, 0.5) is 0 Å². The van der Waals surface area contributed by atoms with Crippen molar-refractivity contribution in [3.05, 3.63) is 12.7 Å². The number of amides is 1. The van der Waals surface area contributed by atoms with Crippen molar-refractivity contribution in [1.29, 1.82) is 0 Å². The topological polar surface area (TPSA) is 66.8 Å². The maximum atomic E-state index is 11.9. The van der Waals surface area contributed by atoms with Gasteiger partial charge in [0, 0.05) is 6.54 Å². The summed E-state index contributed by atoms with van der Waals surface area (Å²) in [7, 11) is 0. The molecule has 0 aliphatic heterocycles. The number of carboxylic acid groups (broad SMARTS) is 1. The van der Waals surface area contributed by atoms with Gasteiger partial charge in [-0.3, -0.25) is 9.59 Å². The van der Waals surface area contributed by atoms with Crippen LogP contribution in [0, 0.1) is 0 Å². The first-order valence-corrected chi connectivity index (χ1v) is 5.76. The van der Waals surface area contributed by atoms with Gasteiger partial charge < -0.3 is 14.7 Å². The highest BCUT2D eigenvalue weighted by Gasteiger charge is 2.22. The Morgan fingerprint density at radius 3 is 2.65 bits per heavy atom. The Hall–Kier alpha value is -1.36. The van der Waals surface area contributed by atoms with E-state index in [1.807, 2.05) is 6.92 Å². The molecular formula is C12H21NO4. The van der Waals surface area contributed by atoms with Crippen molar-refractivity contribution in [2.24, 2.45) is 0 Å². The molecule has 0 radical (unpaired) electrons. The first-order chi connectivity index (χ1) is 8.02. The number of carbonyl (C=O) groups excluding carboxylic acids is 1. The molecular weight excluding hydrogens is 222 g/mol. The Morgan fingerprint density at radius 2 is 2.18 bits per heavy atom. The predicted octanol–water partition coefficient (Wildman–Crippen LogP) is 1.29. The molecule has 0 saturated heterocycles. The standard InChI is InChI=1S/C12H21NO4/c1-4-6-8-17-10(3)12(16)13(7-5-2)9-11(14)15/h4,10H,1,5-9H2,2-3H3,(H,14,15). The molecule has 5 heteroatoms. The molecule has 0 rings (SSSR count). The zero-order valence-electron chi connectivity index (χ0n) is 10.5. The van der Waals surface area contributed by atoms with Crippen LogP contribution < -0.4 is 0 Å². The predicted molar refractivity (Wildman–Crippen MR) is 64.7 cm³/mol. The molecule has 1 atom stereocenters. The van der Waals surface area contributed by atoms with Gasteiger partial charge in [-0.1, -0.05) is 13.0 Å². The summed E-state index contributed by atoms with van der Waals surface area (Å²) in [6, 6.07) is 0. The van der Waals surface area contributed by atoms with Crippen molar-refractivity contribution >= 4 is 11.9 Å². The van der Waals surface area contributed by atoms with E-state index >= 15 is 0 Å². The summed E-state index contributed by atoms with van der Waals surface area (Å²) in [5, 5.41) is 8.71. The number of carbonyl (C=O) groups is 2. The average Bonchev–Trinajstić information content (AvgIpc) is 2.27. The van der Waals surface area contributed by atoms with Gasteiger partial charge in [0.2, 0.25) is 0 Å². The third-order valence-corrected chi connectivity index (χ3v) is 2.17. The molecule has 17 heavy (non-hydrogen) atoms. The summed E-state index contributed by atoms with van der Waals surface area (Å²) in [6.45, 7) is 7.66. The summed E-state index contributed by atoms with van der Waals surface area (Å²) in [6.07, 6.45) is 2.49. The van der Waals surface area contributed by atoms with E-state index < -0.39 is 12.1 Å². The molecule has 0 spiro atoms. The van der Waals surface area contributed by atoms with Gasteiger partial charge in [0.15, 0.2) is 0 Å². The maximum Gasteiger partial charge on any atom is 0.323 e. The highest BCUT2D eigenvalue weighted by molar-refractivity contribution is 5.84. The molecule has 1 unspecified atom stereocenters. The Balaban J connectivity index is 4.27. The number of aliphatic carboxylic acids is 1. The number of hydrogen-bond donors (Lipinski definition) is 1. The van der Waals surface area contributed by atoms with E-state index in [1.54, 1.807) is 13.0 Å². The molecule has 98 valence electrons. The normalized spacial score (nSPS) is 11.9. The fourth-order valence-electron chi connectivity index (χ4n) is 1.36. The molecule has 5 nitrogen and oxygen atoms in total. The number of rotatable bonds is 9. The largest absolute Gasteiger partial charge is 0.480 e. The zero-order valence-corrected chi connectivity index (χ0v) is 10.5. The lowest BCUT2D eigenvalue weighted by molar-refractivity contribution is -0.150. The van der Waals surface area contributed by atoms with Crippen molar-refractivity contribution in [3.63, 3.8) is 0 Å². The van der Waals surface area contributed by atoms with Crippen LogP contribution in [-0.4, -0.2) is 47.7 Å². The molecule has 0 aromatic carbocycles. The first-order valence-electron chi connectivity index (χ1n) is 5.76. The smallest absolute Gasteiger partial charge is 0.323 e. The summed E-state index contributed by atoms with van der Waals surface area (Å²) in [5.74, 6) is -1.29. The van der Waals surface area contributed by atoms with E-state index in [9.17, 15) is 9.59 Å². The Bertz CT molecular complexity index is 265. The number of hydrogen-bond acceptors (Lipinski definition) is 3. The Kier molecular flexibility index (Phi) is 8.05. The van der Waals surface area contributed by atoms with Crippen LogP contribution in [0.2, 0.25) is 0 Å². The van der Waals surface area contributed by atoms with Crippen LogP contribution in [0.3, 0.4) is 0 Å². The lowest BCUT2D eigenvalue weighted by atomic mass is 10.3. The number of ether oxygens (including phenoxy) is 1. The fourth-order valence-corrected chi connectivity index (χ4v) is 1.36. The van der Waals surface area contributed by atoms with Crippen LogP contribution in [0.25, 0.3) is 0 Å². The fraction of sp³-hybridized carbons (Fsp3) is 0.667. The second kappa shape index (κ2) is 8.75. The molecule has 1 amide bonds. The Labute approximate surface area is 102 Å². The molecule has 0 bridgehead atoms. The lowest BCUT2D eigenvalue weighted by Gasteiger charge is -2.23. The minimum Gasteiger partial charge on any atom is -0.480 e. The van der Waals surface area contributed by atoms with Crippen molar-refractivity contribution in [1.82, 2.24) is 4.90 Å². The van der Waals surface area contributed by atoms with Crippen molar-refractivity contribution in [3.8, 4) is 0 Å². The molecule has 0 aromatic heterocycles. The second-order valence-corrected chi connectivity index (χ2v) is 3.74. The SMILES string of the molecule is C=CCCOC(C)C(=O)N(CCC)CC(=O)O. The molecule has 0 heterocycles. The van der Waals surface area contributed by atoms with Gasteiger partial charge >= 0.3 is 5.97 Å². The molecule has 1 N–H and O–H groups in total. The van der Waals surface area contributed by atoms with Crippen molar-refractivity contribution in [2.75, 3.05) is 19.7 Å². The van der Waals surface area contributed by atoms with Gasteiger partial charge in [0.25, 0.3) is 5.91 Å². The molecule has 0 aromatic rings. The van der Waals surface area contributed by atoms with E-state index in [4.69, 9.17) is 9.84 Å². The van der Waals surface area contributed by atoms with E-state index in [-0.39, 0.29) is 12.5 Å². The molecule has 0 saturated carbocycles. The van der Waals surface area contributed by atoms with Crippen LogP contribution in [0.15, 0.2) is 12.7 Å². The van der Waals surface area contributed by atoms with Gasteiger partial charge in [0.05, 0.1) is 6.61 Å².